The van der Waals surface area contributed by atoms with E-state index in [1.807, 2.05) is 18.2 Å². The Labute approximate surface area is 169 Å². The molecule has 1 atom stereocenters. The highest BCUT2D eigenvalue weighted by Gasteiger charge is 2.25. The van der Waals surface area contributed by atoms with Gasteiger partial charge in [0.05, 0.1) is 0 Å². The number of carboxylic acids is 1. The molecular formula is C22H24N2O5. The highest BCUT2D eigenvalue weighted by Crippen LogP contribution is 2.20. The maximum atomic E-state index is 12.9. The van der Waals surface area contributed by atoms with Crippen molar-refractivity contribution >= 4 is 17.8 Å². The Bertz CT molecular complexity index is 869. The number of piperidine rings is 1. The van der Waals surface area contributed by atoms with Gasteiger partial charge in [0.1, 0.15) is 5.75 Å². The Morgan fingerprint density at radius 1 is 1.07 bits per heavy atom. The van der Waals surface area contributed by atoms with Gasteiger partial charge in [0.25, 0.3) is 11.8 Å². The fourth-order valence-electron chi connectivity index (χ4n) is 3.39. The maximum absolute atomic E-state index is 12.9. The Hall–Kier alpha value is -3.35. The molecule has 1 aliphatic heterocycles. The zero-order chi connectivity index (χ0) is 20.6. The third kappa shape index (κ3) is 5.81. The highest BCUT2D eigenvalue weighted by molar-refractivity contribution is 5.95. The average Bonchev–Trinajstić information content (AvgIpc) is 2.76. The number of hydrogen-bond donors (Lipinski definition) is 2. The van der Waals surface area contributed by atoms with Gasteiger partial charge < -0.3 is 20.1 Å². The van der Waals surface area contributed by atoms with Crippen molar-refractivity contribution in [1.29, 1.82) is 0 Å². The van der Waals surface area contributed by atoms with E-state index >= 15 is 0 Å². The normalized spacial score (nSPS) is 16.1. The molecular weight excluding hydrogens is 372 g/mol. The first-order chi connectivity index (χ1) is 14.0. The minimum atomic E-state index is -1.07. The zero-order valence-electron chi connectivity index (χ0n) is 16.0. The van der Waals surface area contributed by atoms with Gasteiger partial charge in [0, 0.05) is 30.8 Å². The number of hydrogen-bond acceptors (Lipinski definition) is 4. The van der Waals surface area contributed by atoms with Crippen LogP contribution in [-0.2, 0) is 4.79 Å². The molecule has 2 aromatic carbocycles. The van der Waals surface area contributed by atoms with Crippen molar-refractivity contribution in [2.75, 3.05) is 26.2 Å². The summed E-state index contributed by atoms with van der Waals surface area (Å²) in [6, 6.07) is 15.6. The molecule has 0 radical (unpaired) electrons. The molecule has 29 heavy (non-hydrogen) atoms. The molecule has 1 heterocycles. The topological polar surface area (TPSA) is 95.9 Å². The van der Waals surface area contributed by atoms with E-state index in [0.29, 0.717) is 36.5 Å². The summed E-state index contributed by atoms with van der Waals surface area (Å²) in [5.74, 6) is -0.769. The molecule has 1 saturated heterocycles. The summed E-state index contributed by atoms with van der Waals surface area (Å²) in [6.07, 6.45) is 1.81. The van der Waals surface area contributed by atoms with Gasteiger partial charge in [-0.1, -0.05) is 24.3 Å². The van der Waals surface area contributed by atoms with Gasteiger partial charge in [0.15, 0.2) is 6.61 Å². The average molecular weight is 396 g/mol. The van der Waals surface area contributed by atoms with Crippen molar-refractivity contribution in [1.82, 2.24) is 10.2 Å². The number of amides is 2. The van der Waals surface area contributed by atoms with Gasteiger partial charge in [-0.15, -0.1) is 0 Å². The number of nitrogens with one attached hydrogen (secondary N) is 1. The van der Waals surface area contributed by atoms with Crippen LogP contribution in [-0.4, -0.2) is 54.0 Å². The maximum Gasteiger partial charge on any atom is 0.341 e. The summed E-state index contributed by atoms with van der Waals surface area (Å²) >= 11 is 0. The van der Waals surface area contributed by atoms with E-state index in [9.17, 15) is 14.4 Å². The molecule has 1 unspecified atom stereocenters. The van der Waals surface area contributed by atoms with Gasteiger partial charge >= 0.3 is 5.97 Å². The van der Waals surface area contributed by atoms with Crippen LogP contribution in [0.4, 0.5) is 0 Å². The monoisotopic (exact) mass is 396 g/mol. The molecule has 0 spiro atoms. The predicted molar refractivity (Wildman–Crippen MR) is 107 cm³/mol. The van der Waals surface area contributed by atoms with Crippen molar-refractivity contribution in [2.24, 2.45) is 5.92 Å². The summed E-state index contributed by atoms with van der Waals surface area (Å²) in [6.45, 7) is 1.28. The van der Waals surface area contributed by atoms with Crippen LogP contribution in [0, 0.1) is 5.92 Å². The Morgan fingerprint density at radius 3 is 2.59 bits per heavy atom. The van der Waals surface area contributed by atoms with Gasteiger partial charge in [0.2, 0.25) is 0 Å². The van der Waals surface area contributed by atoms with Crippen molar-refractivity contribution in [3.8, 4) is 5.75 Å². The minimum Gasteiger partial charge on any atom is -0.482 e. The molecule has 7 heteroatoms. The van der Waals surface area contributed by atoms with Crippen LogP contribution in [0.3, 0.4) is 0 Å². The van der Waals surface area contributed by atoms with Crippen LogP contribution in [0.15, 0.2) is 54.6 Å². The predicted octanol–water partition coefficient (Wildman–Crippen LogP) is 2.43. The number of benzene rings is 2. The zero-order valence-corrected chi connectivity index (χ0v) is 16.0. The van der Waals surface area contributed by atoms with E-state index in [1.54, 1.807) is 41.3 Å². The number of likely N-dealkylation sites (tertiary alicyclic amines) is 1. The number of carbonyl (C=O) groups is 3. The number of carbonyl (C=O) groups excluding carboxylic acids is 2. The minimum absolute atomic E-state index is 0.114. The fraction of sp³-hybridized carbons (Fsp3) is 0.318. The van der Waals surface area contributed by atoms with Crippen LogP contribution in [0.25, 0.3) is 0 Å². The Balaban J connectivity index is 1.56. The van der Waals surface area contributed by atoms with Crippen molar-refractivity contribution < 1.29 is 24.2 Å². The Morgan fingerprint density at radius 2 is 1.83 bits per heavy atom. The summed E-state index contributed by atoms with van der Waals surface area (Å²) in [5, 5.41) is 11.7. The molecule has 2 N–H and O–H groups in total. The largest absolute Gasteiger partial charge is 0.482 e. The summed E-state index contributed by atoms with van der Waals surface area (Å²) in [5.41, 5.74) is 1.08. The highest BCUT2D eigenvalue weighted by atomic mass is 16.5. The number of rotatable bonds is 7. The standard InChI is InChI=1S/C22H24N2O5/c25-20(26)15-29-19-10-4-9-18(12-19)22(28)24-11-5-6-16(14-24)13-23-21(27)17-7-2-1-3-8-17/h1-4,7-10,12,16H,5-6,11,13-15H2,(H,23,27)(H,25,26). The smallest absolute Gasteiger partial charge is 0.341 e. The summed E-state index contributed by atoms with van der Waals surface area (Å²) in [4.78, 5) is 37.5. The molecule has 1 aliphatic rings. The molecule has 1 fully saturated rings. The molecule has 0 bridgehead atoms. The van der Waals surface area contributed by atoms with E-state index in [4.69, 9.17) is 9.84 Å². The third-order valence-corrected chi connectivity index (χ3v) is 4.84. The summed E-state index contributed by atoms with van der Waals surface area (Å²) in [7, 11) is 0. The number of carboxylic acid groups (broad SMARTS) is 1. The lowest BCUT2D eigenvalue weighted by atomic mass is 9.97. The second-order valence-electron chi connectivity index (χ2n) is 7.05. The first-order valence-electron chi connectivity index (χ1n) is 9.60. The quantitative estimate of drug-likeness (QED) is 0.749. The van der Waals surface area contributed by atoms with E-state index in [1.165, 1.54) is 0 Å². The lowest BCUT2D eigenvalue weighted by molar-refractivity contribution is -0.139. The van der Waals surface area contributed by atoms with E-state index in [-0.39, 0.29) is 17.7 Å². The first-order valence-corrected chi connectivity index (χ1v) is 9.60. The number of aliphatic carboxylic acids is 1. The van der Waals surface area contributed by atoms with Crippen LogP contribution < -0.4 is 10.1 Å². The van der Waals surface area contributed by atoms with Crippen molar-refractivity contribution in [3.05, 3.63) is 65.7 Å². The lowest BCUT2D eigenvalue weighted by Crippen LogP contribution is -2.43. The fourth-order valence-corrected chi connectivity index (χ4v) is 3.39. The first kappa shape index (κ1) is 20.4. The van der Waals surface area contributed by atoms with Crippen LogP contribution >= 0.6 is 0 Å². The SMILES string of the molecule is O=C(O)COc1cccc(C(=O)N2CCCC(CNC(=O)c3ccccc3)C2)c1. The third-order valence-electron chi connectivity index (χ3n) is 4.84. The van der Waals surface area contributed by atoms with Crippen LogP contribution in [0.2, 0.25) is 0 Å². The van der Waals surface area contributed by atoms with E-state index < -0.39 is 12.6 Å². The van der Waals surface area contributed by atoms with Crippen LogP contribution in [0.5, 0.6) is 5.75 Å². The molecule has 2 amide bonds. The Kier molecular flexibility index (Phi) is 6.84. The molecule has 3 rings (SSSR count). The molecule has 2 aromatic rings. The van der Waals surface area contributed by atoms with E-state index in [0.717, 1.165) is 12.8 Å². The molecule has 0 aromatic heterocycles. The van der Waals surface area contributed by atoms with Crippen molar-refractivity contribution in [2.45, 2.75) is 12.8 Å². The molecule has 152 valence electrons. The van der Waals surface area contributed by atoms with Crippen LogP contribution in [0.1, 0.15) is 33.6 Å². The van der Waals surface area contributed by atoms with Gasteiger partial charge in [-0.05, 0) is 49.1 Å². The second-order valence-corrected chi connectivity index (χ2v) is 7.05. The molecule has 7 nitrogen and oxygen atoms in total. The van der Waals surface area contributed by atoms with Gasteiger partial charge in [-0.2, -0.15) is 0 Å². The number of ether oxygens (including phenoxy) is 1. The second kappa shape index (κ2) is 9.73. The van der Waals surface area contributed by atoms with Gasteiger partial charge in [-0.3, -0.25) is 9.59 Å². The van der Waals surface area contributed by atoms with Crippen molar-refractivity contribution in [3.63, 3.8) is 0 Å². The lowest BCUT2D eigenvalue weighted by Gasteiger charge is -2.33. The van der Waals surface area contributed by atoms with Gasteiger partial charge in [-0.25, -0.2) is 4.79 Å². The van der Waals surface area contributed by atoms with E-state index in [2.05, 4.69) is 5.32 Å². The molecule has 0 aliphatic carbocycles. The summed E-state index contributed by atoms with van der Waals surface area (Å²) < 4.78 is 5.16. The number of nitrogens with zero attached hydrogens (tertiary/aromatic N) is 1. The molecule has 0 saturated carbocycles.